The van der Waals surface area contributed by atoms with E-state index in [-0.39, 0.29) is 5.92 Å². The van der Waals surface area contributed by atoms with Crippen LogP contribution in [0.1, 0.15) is 98.7 Å². The van der Waals surface area contributed by atoms with Gasteiger partial charge in [0.1, 0.15) is 0 Å². The van der Waals surface area contributed by atoms with Gasteiger partial charge in [-0.15, -0.1) is 0 Å². The van der Waals surface area contributed by atoms with Crippen LogP contribution in [-0.2, 0) is 25.7 Å². The van der Waals surface area contributed by atoms with Crippen LogP contribution in [0.5, 0.6) is 0 Å². The van der Waals surface area contributed by atoms with Crippen molar-refractivity contribution in [1.82, 2.24) is 0 Å². The van der Waals surface area contributed by atoms with Gasteiger partial charge in [0.25, 0.3) is 0 Å². The molecule has 44 heavy (non-hydrogen) atoms. The Morgan fingerprint density at radius 2 is 1.52 bits per heavy atom. The molecule has 2 unspecified atom stereocenters. The van der Waals surface area contributed by atoms with Gasteiger partial charge in [-0.1, -0.05) is 143 Å². The summed E-state index contributed by atoms with van der Waals surface area (Å²) in [6, 6.07) is 25.3. The van der Waals surface area contributed by atoms with Gasteiger partial charge in [-0.2, -0.15) is 0 Å². The lowest BCUT2D eigenvalue weighted by atomic mass is 9.69. The predicted molar refractivity (Wildman–Crippen MR) is 193 cm³/mol. The molecular formula is C44H50. The fourth-order valence-corrected chi connectivity index (χ4v) is 7.33. The molecule has 0 heterocycles. The van der Waals surface area contributed by atoms with E-state index >= 15 is 0 Å². The summed E-state index contributed by atoms with van der Waals surface area (Å²) in [5.41, 5.74) is 18.9. The second-order valence-corrected chi connectivity index (χ2v) is 13.0. The maximum absolute atomic E-state index is 4.76. The first-order valence-corrected chi connectivity index (χ1v) is 16.7. The number of benzene rings is 3. The fraction of sp³-hybridized carbons (Fsp3) is 0.318. The Hall–Kier alpha value is -3.90. The zero-order valence-corrected chi connectivity index (χ0v) is 27.7. The smallest absolute Gasteiger partial charge is 0.0201 e. The summed E-state index contributed by atoms with van der Waals surface area (Å²) < 4.78 is 0. The molecule has 2 aliphatic carbocycles. The van der Waals surface area contributed by atoms with E-state index in [1.54, 1.807) is 0 Å². The largest absolute Gasteiger partial charge is 0.0955 e. The van der Waals surface area contributed by atoms with E-state index in [4.69, 9.17) is 6.58 Å². The van der Waals surface area contributed by atoms with Crippen molar-refractivity contribution in [3.8, 4) is 0 Å². The minimum absolute atomic E-state index is 0.274. The Morgan fingerprint density at radius 3 is 2.16 bits per heavy atom. The molecule has 226 valence electrons. The summed E-state index contributed by atoms with van der Waals surface area (Å²) in [6.45, 7) is 24.5. The van der Waals surface area contributed by atoms with Crippen LogP contribution in [0.3, 0.4) is 0 Å². The highest BCUT2D eigenvalue weighted by Crippen LogP contribution is 2.55. The summed E-state index contributed by atoms with van der Waals surface area (Å²) >= 11 is 0. The summed E-state index contributed by atoms with van der Waals surface area (Å²) in [5, 5.41) is 0. The third-order valence-electron chi connectivity index (χ3n) is 9.81. The molecule has 1 saturated carbocycles. The molecule has 5 rings (SSSR count). The molecule has 0 N–H and O–H groups in total. The maximum atomic E-state index is 4.76. The molecule has 0 aliphatic heterocycles. The van der Waals surface area contributed by atoms with Crippen LogP contribution in [0.4, 0.5) is 0 Å². The monoisotopic (exact) mass is 578 g/mol. The molecule has 0 aromatic heterocycles. The summed E-state index contributed by atoms with van der Waals surface area (Å²) in [5.74, 6) is 0.568. The highest BCUT2D eigenvalue weighted by molar-refractivity contribution is 5.68. The molecule has 2 aliphatic rings. The van der Waals surface area contributed by atoms with Crippen molar-refractivity contribution in [2.45, 2.75) is 85.5 Å². The van der Waals surface area contributed by atoms with E-state index in [9.17, 15) is 0 Å². The summed E-state index contributed by atoms with van der Waals surface area (Å²) in [6.07, 6.45) is 12.2. The van der Waals surface area contributed by atoms with E-state index < -0.39 is 0 Å². The zero-order chi connectivity index (χ0) is 31.4. The second-order valence-electron chi connectivity index (χ2n) is 13.0. The van der Waals surface area contributed by atoms with Crippen LogP contribution in [-0.4, -0.2) is 0 Å². The molecule has 3 aromatic rings. The standard InChI is InChI=1S/C44H50/c1-9-12-30(6)42-31(7)25-41-28-40(32(8)43(41)44(42)39-23-13-33(10-2)14-24-39)27-35-18-22-38(36(11-3)26-35)21-17-34-15-19-37(20-16-34)29(4)5/h13-16,18-20,22-27,43-44H,4,6,8-12,17,21,28H2,1-3,5,7H3/b40-27+. The van der Waals surface area contributed by atoms with Crippen LogP contribution >= 0.6 is 0 Å². The van der Waals surface area contributed by atoms with Gasteiger partial charge in [-0.25, -0.2) is 0 Å². The fourth-order valence-electron chi connectivity index (χ4n) is 7.33. The molecule has 0 radical (unpaired) electrons. The van der Waals surface area contributed by atoms with E-state index in [1.807, 2.05) is 0 Å². The maximum Gasteiger partial charge on any atom is 0.0201 e. The number of allylic oxidation sites excluding steroid dienone is 8. The molecular weight excluding hydrogens is 528 g/mol. The number of rotatable bonds is 11. The lowest BCUT2D eigenvalue weighted by Gasteiger charge is -2.34. The van der Waals surface area contributed by atoms with Crippen LogP contribution < -0.4 is 0 Å². The molecule has 2 atom stereocenters. The average molecular weight is 579 g/mol. The van der Waals surface area contributed by atoms with Crippen LogP contribution in [0.2, 0.25) is 0 Å². The Balaban J connectivity index is 1.41. The Labute approximate surface area is 267 Å². The molecule has 0 saturated heterocycles. The number of aryl methyl sites for hydroxylation is 4. The SMILES string of the molecule is C=C(CCC)C1=C(C)C=C2C/C(=C\c3ccc(CCc4ccc(C(=C)C)cc4)c(CC)c3)C(=C)C2C1c1ccc(CC)cc1. The molecule has 1 fully saturated rings. The van der Waals surface area contributed by atoms with Crippen LogP contribution in [0.25, 0.3) is 11.6 Å². The topological polar surface area (TPSA) is 0 Å². The van der Waals surface area contributed by atoms with E-state index in [1.165, 1.54) is 72.4 Å². The Morgan fingerprint density at radius 1 is 0.818 bits per heavy atom. The lowest BCUT2D eigenvalue weighted by molar-refractivity contribution is 0.619. The second kappa shape index (κ2) is 13.8. The van der Waals surface area contributed by atoms with Crippen molar-refractivity contribution in [3.05, 3.63) is 165 Å². The third-order valence-corrected chi connectivity index (χ3v) is 9.81. The van der Waals surface area contributed by atoms with Gasteiger partial charge in [0, 0.05) is 11.8 Å². The zero-order valence-electron chi connectivity index (χ0n) is 27.7. The first kappa shape index (κ1) is 31.5. The van der Waals surface area contributed by atoms with Crippen molar-refractivity contribution < 1.29 is 0 Å². The Bertz CT molecular complexity index is 1650. The van der Waals surface area contributed by atoms with Crippen molar-refractivity contribution in [1.29, 1.82) is 0 Å². The minimum Gasteiger partial charge on any atom is -0.0955 e. The van der Waals surface area contributed by atoms with Gasteiger partial charge in [-0.3, -0.25) is 0 Å². The van der Waals surface area contributed by atoms with E-state index in [2.05, 4.69) is 127 Å². The summed E-state index contributed by atoms with van der Waals surface area (Å²) in [4.78, 5) is 0. The molecule has 3 aromatic carbocycles. The normalized spacial score (nSPS) is 18.9. The molecule has 0 nitrogen and oxygen atoms in total. The number of fused-ring (bicyclic) bond motifs is 1. The van der Waals surface area contributed by atoms with E-state index in [0.717, 1.165) is 50.5 Å². The Kier molecular flexibility index (Phi) is 9.90. The first-order valence-electron chi connectivity index (χ1n) is 16.7. The van der Waals surface area contributed by atoms with Gasteiger partial charge >= 0.3 is 0 Å². The third kappa shape index (κ3) is 6.61. The predicted octanol–water partition coefficient (Wildman–Crippen LogP) is 12.0. The van der Waals surface area contributed by atoms with Gasteiger partial charge in [0.2, 0.25) is 0 Å². The summed E-state index contributed by atoms with van der Waals surface area (Å²) in [7, 11) is 0. The minimum atomic E-state index is 0.274. The van der Waals surface area contributed by atoms with Crippen molar-refractivity contribution in [2.24, 2.45) is 5.92 Å². The highest BCUT2D eigenvalue weighted by Gasteiger charge is 2.40. The molecule has 0 amide bonds. The van der Waals surface area contributed by atoms with E-state index in [0.29, 0.717) is 5.92 Å². The number of hydrogen-bond donors (Lipinski definition) is 0. The highest BCUT2D eigenvalue weighted by atomic mass is 14.4. The van der Waals surface area contributed by atoms with Crippen molar-refractivity contribution in [2.75, 3.05) is 0 Å². The van der Waals surface area contributed by atoms with Crippen LogP contribution in [0.15, 0.2) is 126 Å². The van der Waals surface area contributed by atoms with Gasteiger partial charge < -0.3 is 0 Å². The average Bonchev–Trinajstić information content (AvgIpc) is 3.33. The molecule has 0 spiro atoms. The van der Waals surface area contributed by atoms with Crippen LogP contribution in [0, 0.1) is 5.92 Å². The lowest BCUT2D eigenvalue weighted by Crippen LogP contribution is -2.21. The van der Waals surface area contributed by atoms with Crippen molar-refractivity contribution >= 4 is 11.6 Å². The first-order chi connectivity index (χ1) is 21.2. The molecule has 0 bridgehead atoms. The van der Waals surface area contributed by atoms with Gasteiger partial charge in [0.05, 0.1) is 0 Å². The van der Waals surface area contributed by atoms with Gasteiger partial charge in [-0.05, 0) is 114 Å². The number of hydrogen-bond acceptors (Lipinski definition) is 0. The molecule has 0 heteroatoms. The van der Waals surface area contributed by atoms with Crippen molar-refractivity contribution in [3.63, 3.8) is 0 Å². The quantitative estimate of drug-likeness (QED) is 0.212. The van der Waals surface area contributed by atoms with Gasteiger partial charge in [0.15, 0.2) is 0 Å².